The molecule has 0 aromatic carbocycles. The number of hydrogen-bond acceptors (Lipinski definition) is 6. The predicted molar refractivity (Wildman–Crippen MR) is 126 cm³/mol. The van der Waals surface area contributed by atoms with Crippen molar-refractivity contribution in [1.82, 2.24) is 0 Å². The number of ether oxygens (including phenoxy) is 1. The molecule has 0 aromatic rings. The van der Waals surface area contributed by atoms with E-state index in [9.17, 15) is 24.9 Å². The Balaban J connectivity index is 1.44. The summed E-state index contributed by atoms with van der Waals surface area (Å²) in [5, 5.41) is 33.4. The fourth-order valence-corrected chi connectivity index (χ4v) is 9.15. The molecule has 1 heterocycles. The van der Waals surface area contributed by atoms with Gasteiger partial charge in [-0.25, -0.2) is 4.79 Å². The molecule has 5 rings (SSSR count). The van der Waals surface area contributed by atoms with E-state index in [0.29, 0.717) is 18.3 Å². The van der Waals surface area contributed by atoms with Gasteiger partial charge in [-0.3, -0.25) is 4.79 Å². The molecule has 4 aliphatic carbocycles. The molecule has 6 heteroatoms. The van der Waals surface area contributed by atoms with Crippen molar-refractivity contribution in [2.24, 2.45) is 40.4 Å². The second kappa shape index (κ2) is 7.75. The second-order valence-corrected chi connectivity index (χ2v) is 12.5. The molecule has 1 aliphatic heterocycles. The van der Waals surface area contributed by atoms with Crippen molar-refractivity contribution in [2.45, 2.75) is 97.1 Å². The van der Waals surface area contributed by atoms with Crippen LogP contribution >= 0.6 is 0 Å². The van der Waals surface area contributed by atoms with Crippen LogP contribution in [0.2, 0.25) is 0 Å². The summed E-state index contributed by atoms with van der Waals surface area (Å²) in [5.74, 6) is 0.572. The van der Waals surface area contributed by atoms with Gasteiger partial charge in [-0.15, -0.1) is 0 Å². The maximum atomic E-state index is 13.2. The zero-order chi connectivity index (χ0) is 24.8. The lowest BCUT2D eigenvalue weighted by atomic mass is 9.42. The highest BCUT2D eigenvalue weighted by Crippen LogP contribution is 2.68. The summed E-state index contributed by atoms with van der Waals surface area (Å²) in [6.45, 7) is 10.2. The van der Waals surface area contributed by atoms with E-state index >= 15 is 0 Å². The summed E-state index contributed by atoms with van der Waals surface area (Å²) < 4.78 is 5.87. The fraction of sp³-hybridized carbons (Fsp3) is 0.786. The van der Waals surface area contributed by atoms with E-state index < -0.39 is 23.2 Å². The third-order valence-corrected chi connectivity index (χ3v) is 11.4. The first-order valence-electron chi connectivity index (χ1n) is 13.1. The number of rotatable bonds is 2. The van der Waals surface area contributed by atoms with Crippen molar-refractivity contribution in [1.29, 1.82) is 0 Å². The Morgan fingerprint density at radius 3 is 2.47 bits per heavy atom. The second-order valence-electron chi connectivity index (χ2n) is 12.5. The summed E-state index contributed by atoms with van der Waals surface area (Å²) in [7, 11) is 0. The van der Waals surface area contributed by atoms with Crippen LogP contribution in [0.15, 0.2) is 23.3 Å². The molecule has 0 radical (unpaired) electrons. The van der Waals surface area contributed by atoms with E-state index in [2.05, 4.69) is 13.8 Å². The first-order valence-corrected chi connectivity index (χ1v) is 13.1. The first kappa shape index (κ1) is 24.2. The van der Waals surface area contributed by atoms with Crippen LogP contribution in [0.3, 0.4) is 0 Å². The van der Waals surface area contributed by atoms with Crippen molar-refractivity contribution in [3.63, 3.8) is 0 Å². The summed E-state index contributed by atoms with van der Waals surface area (Å²) >= 11 is 0. The van der Waals surface area contributed by atoms with Crippen LogP contribution in [-0.2, 0) is 14.3 Å². The van der Waals surface area contributed by atoms with Gasteiger partial charge in [0.05, 0.1) is 11.5 Å². The van der Waals surface area contributed by atoms with Crippen molar-refractivity contribution in [3.05, 3.63) is 23.3 Å². The number of allylic oxidation sites excluding steroid dienone is 1. The van der Waals surface area contributed by atoms with E-state index in [1.165, 1.54) is 12.2 Å². The van der Waals surface area contributed by atoms with Gasteiger partial charge < -0.3 is 20.1 Å². The van der Waals surface area contributed by atoms with Crippen LogP contribution in [0.1, 0.15) is 73.1 Å². The Hall–Kier alpha value is -1.50. The standard InChI is InChI=1S/C28H40O6/c1-14-12-21(34-25(32)15(14)2)16(3)18-6-7-19-17-13-24(31)28(33)23(30)9-8-22(29)27(28,5)20(17)10-11-26(18,19)4/h8-9,16-21,23-24,30-31,33H,6-7,10-13H2,1-5H3/t16-,17-,18+,19-,20-,21+,23-,24-,26+,27-,28+/m0/s1. The Bertz CT molecular complexity index is 968. The minimum atomic E-state index is -1.85. The average molecular weight is 473 g/mol. The maximum absolute atomic E-state index is 13.2. The van der Waals surface area contributed by atoms with Crippen molar-refractivity contribution in [2.75, 3.05) is 0 Å². The molecule has 0 saturated heterocycles. The molecule has 0 bridgehead atoms. The molecule has 3 fully saturated rings. The molecule has 3 saturated carbocycles. The van der Waals surface area contributed by atoms with Gasteiger partial charge in [0.25, 0.3) is 0 Å². The summed E-state index contributed by atoms with van der Waals surface area (Å²) in [6, 6.07) is 0. The smallest absolute Gasteiger partial charge is 0.333 e. The van der Waals surface area contributed by atoms with Crippen molar-refractivity contribution >= 4 is 11.8 Å². The quantitative estimate of drug-likeness (QED) is 0.533. The fourth-order valence-electron chi connectivity index (χ4n) is 9.15. The summed E-state index contributed by atoms with van der Waals surface area (Å²) in [5.41, 5.74) is -1.19. The Morgan fingerprint density at radius 1 is 1.09 bits per heavy atom. The Morgan fingerprint density at radius 2 is 1.79 bits per heavy atom. The van der Waals surface area contributed by atoms with Gasteiger partial charge in [-0.2, -0.15) is 0 Å². The van der Waals surface area contributed by atoms with Gasteiger partial charge in [-0.1, -0.05) is 19.4 Å². The van der Waals surface area contributed by atoms with E-state index in [1.807, 2.05) is 13.8 Å². The molecule has 11 atom stereocenters. The number of carbonyl (C=O) groups is 2. The maximum Gasteiger partial charge on any atom is 0.333 e. The van der Waals surface area contributed by atoms with Crippen LogP contribution in [0.5, 0.6) is 0 Å². The van der Waals surface area contributed by atoms with Crippen LogP contribution in [0.25, 0.3) is 0 Å². The van der Waals surface area contributed by atoms with Gasteiger partial charge >= 0.3 is 5.97 Å². The predicted octanol–water partition coefficient (Wildman–Crippen LogP) is 3.33. The van der Waals surface area contributed by atoms with Crippen LogP contribution < -0.4 is 0 Å². The van der Waals surface area contributed by atoms with E-state index in [4.69, 9.17) is 4.74 Å². The zero-order valence-corrected chi connectivity index (χ0v) is 21.1. The zero-order valence-electron chi connectivity index (χ0n) is 21.1. The highest BCUT2D eigenvalue weighted by atomic mass is 16.5. The lowest BCUT2D eigenvalue weighted by Crippen LogP contribution is -2.73. The minimum absolute atomic E-state index is 0.0226. The highest BCUT2D eigenvalue weighted by Gasteiger charge is 2.71. The lowest BCUT2D eigenvalue weighted by Gasteiger charge is -2.63. The molecule has 188 valence electrons. The molecule has 0 spiro atoms. The van der Waals surface area contributed by atoms with Gasteiger partial charge in [0.15, 0.2) is 5.78 Å². The van der Waals surface area contributed by atoms with Crippen molar-refractivity contribution < 1.29 is 29.6 Å². The van der Waals surface area contributed by atoms with Crippen LogP contribution in [-0.4, -0.2) is 51.0 Å². The SMILES string of the molecule is CC1=C(C)C(=O)O[C@@H]([C@@H](C)[C@H]2CC[C@H]3[C@@H]4C[C@H](O)[C@]5(O)[C@@H](O)C=CC(=O)[C@]5(C)[C@H]4CC[C@]23C)C1. The molecule has 0 amide bonds. The molecule has 0 aromatic heterocycles. The molecule has 0 unspecified atom stereocenters. The van der Waals surface area contributed by atoms with Gasteiger partial charge in [0.1, 0.15) is 17.8 Å². The Labute approximate surface area is 202 Å². The molecular formula is C28H40O6. The third-order valence-electron chi connectivity index (χ3n) is 11.4. The number of esters is 1. The van der Waals surface area contributed by atoms with Gasteiger partial charge in [0, 0.05) is 12.0 Å². The summed E-state index contributed by atoms with van der Waals surface area (Å²) in [6.07, 6.45) is 5.14. The minimum Gasteiger partial charge on any atom is -0.458 e. The van der Waals surface area contributed by atoms with E-state index in [1.54, 1.807) is 6.92 Å². The number of aliphatic hydroxyl groups is 3. The molecule has 3 N–H and O–H groups in total. The van der Waals surface area contributed by atoms with Crippen LogP contribution in [0.4, 0.5) is 0 Å². The largest absolute Gasteiger partial charge is 0.458 e. The lowest BCUT2D eigenvalue weighted by molar-refractivity contribution is -0.258. The monoisotopic (exact) mass is 472 g/mol. The number of aliphatic hydroxyl groups excluding tert-OH is 2. The average Bonchev–Trinajstić information content (AvgIpc) is 3.14. The topological polar surface area (TPSA) is 104 Å². The third kappa shape index (κ3) is 2.91. The van der Waals surface area contributed by atoms with Gasteiger partial charge in [-0.05, 0) is 100 Å². The number of fused-ring (bicyclic) bond motifs is 5. The normalized spacial score (nSPS) is 51.5. The molecule has 34 heavy (non-hydrogen) atoms. The van der Waals surface area contributed by atoms with Crippen LogP contribution in [0, 0.1) is 40.4 Å². The Kier molecular flexibility index (Phi) is 5.52. The van der Waals surface area contributed by atoms with Crippen molar-refractivity contribution in [3.8, 4) is 0 Å². The molecular weight excluding hydrogens is 432 g/mol. The molecule has 6 nitrogen and oxygen atoms in total. The van der Waals surface area contributed by atoms with E-state index in [0.717, 1.165) is 43.3 Å². The first-order chi connectivity index (χ1) is 15.9. The number of cyclic esters (lactones) is 1. The molecule has 5 aliphatic rings. The van der Waals surface area contributed by atoms with Gasteiger partial charge in [0.2, 0.25) is 0 Å². The number of hydrogen-bond donors (Lipinski definition) is 3. The number of ketones is 1. The summed E-state index contributed by atoms with van der Waals surface area (Å²) in [4.78, 5) is 25.6. The van der Waals surface area contributed by atoms with E-state index in [-0.39, 0.29) is 41.0 Å². The highest BCUT2D eigenvalue weighted by molar-refractivity contribution is 5.97. The number of carbonyl (C=O) groups excluding carboxylic acids is 2.